The Morgan fingerprint density at radius 1 is 1.07 bits per heavy atom. The lowest BCUT2D eigenvalue weighted by molar-refractivity contribution is -0.150. The first-order valence-electron chi connectivity index (χ1n) is 9.69. The average Bonchev–Trinajstić information content (AvgIpc) is 2.70. The summed E-state index contributed by atoms with van der Waals surface area (Å²) < 4.78 is 16.9. The number of esters is 1. The van der Waals surface area contributed by atoms with E-state index >= 15 is 0 Å². The molecule has 0 bridgehead atoms. The second-order valence-electron chi connectivity index (χ2n) is 7.00. The van der Waals surface area contributed by atoms with Crippen molar-refractivity contribution in [3.8, 4) is 11.5 Å². The summed E-state index contributed by atoms with van der Waals surface area (Å²) in [7, 11) is 5.58. The molecule has 0 N–H and O–H groups in total. The number of hydrogen-bond donors (Lipinski definition) is 0. The second kappa shape index (κ2) is 11.3. The molecule has 0 unspecified atom stereocenters. The highest BCUT2D eigenvalue weighted by molar-refractivity contribution is 5.69. The molecule has 1 atom stereocenters. The molecule has 2 rings (SSSR count). The fraction of sp³-hybridized carbons (Fsp3) is 0.435. The molecule has 0 saturated carbocycles. The van der Waals surface area contributed by atoms with Crippen LogP contribution in [0.2, 0.25) is 0 Å². The average molecular weight is 386 g/mol. The van der Waals surface area contributed by atoms with E-state index in [1.807, 2.05) is 49.3 Å². The Balaban J connectivity index is 2.00. The Bertz CT molecular complexity index is 745. The highest BCUT2D eigenvalue weighted by Crippen LogP contribution is 2.22. The van der Waals surface area contributed by atoms with E-state index in [1.54, 1.807) is 14.0 Å². The van der Waals surface area contributed by atoms with Crippen LogP contribution in [-0.4, -0.2) is 51.3 Å². The number of methoxy groups -OCH3 is 1. The molecule has 0 heterocycles. The Labute approximate surface area is 168 Å². The number of nitrogens with zero attached hydrogens (tertiary/aromatic N) is 1. The number of likely N-dealkylation sites (N-methyl/N-ethyl adjacent to an activating group) is 1. The molecule has 152 valence electrons. The van der Waals surface area contributed by atoms with Gasteiger partial charge in [0, 0.05) is 13.0 Å². The predicted molar refractivity (Wildman–Crippen MR) is 111 cm³/mol. The number of rotatable bonds is 11. The van der Waals surface area contributed by atoms with Crippen LogP contribution in [0.4, 0.5) is 0 Å². The van der Waals surface area contributed by atoms with Crippen LogP contribution >= 0.6 is 0 Å². The van der Waals surface area contributed by atoms with Crippen molar-refractivity contribution < 1.29 is 19.0 Å². The molecular weight excluding hydrogens is 354 g/mol. The molecule has 5 nitrogen and oxygen atoms in total. The van der Waals surface area contributed by atoms with Crippen LogP contribution in [0.1, 0.15) is 24.5 Å². The molecule has 28 heavy (non-hydrogen) atoms. The Morgan fingerprint density at radius 3 is 2.57 bits per heavy atom. The third-order valence-corrected chi connectivity index (χ3v) is 4.37. The topological polar surface area (TPSA) is 48.0 Å². The minimum absolute atomic E-state index is 0.207. The molecule has 0 spiro atoms. The van der Waals surface area contributed by atoms with Crippen molar-refractivity contribution in [1.29, 1.82) is 0 Å². The molecule has 5 heteroatoms. The molecule has 0 aliphatic heterocycles. The van der Waals surface area contributed by atoms with Gasteiger partial charge in [-0.2, -0.15) is 0 Å². The molecule has 0 aliphatic rings. The third kappa shape index (κ3) is 7.24. The zero-order valence-corrected chi connectivity index (χ0v) is 17.3. The minimum Gasteiger partial charge on any atom is -0.497 e. The summed E-state index contributed by atoms with van der Waals surface area (Å²) in [5.74, 6) is 1.50. The molecule has 2 aromatic carbocycles. The van der Waals surface area contributed by atoms with E-state index in [9.17, 15) is 4.79 Å². The van der Waals surface area contributed by atoms with Crippen LogP contribution in [0.15, 0.2) is 48.5 Å². The van der Waals surface area contributed by atoms with Crippen LogP contribution < -0.4 is 9.47 Å². The van der Waals surface area contributed by atoms with Gasteiger partial charge in [-0.15, -0.1) is 0 Å². The van der Waals surface area contributed by atoms with Crippen LogP contribution in [0.25, 0.3) is 0 Å². The number of aryl methyl sites for hydroxylation is 2. The van der Waals surface area contributed by atoms with Crippen molar-refractivity contribution in [1.82, 2.24) is 4.90 Å². The quantitative estimate of drug-likeness (QED) is 0.552. The van der Waals surface area contributed by atoms with E-state index in [1.165, 1.54) is 5.56 Å². The van der Waals surface area contributed by atoms with Gasteiger partial charge in [-0.3, -0.25) is 4.79 Å². The second-order valence-corrected chi connectivity index (χ2v) is 7.00. The van der Waals surface area contributed by atoms with Crippen LogP contribution in [0.3, 0.4) is 0 Å². The normalized spacial score (nSPS) is 11.9. The molecule has 0 radical (unpaired) electrons. The number of hydrogen-bond acceptors (Lipinski definition) is 5. The fourth-order valence-electron chi connectivity index (χ4n) is 2.94. The maximum Gasteiger partial charge on any atom is 0.305 e. The molecular formula is C23H31NO4. The van der Waals surface area contributed by atoms with E-state index in [4.69, 9.17) is 14.2 Å². The Morgan fingerprint density at radius 2 is 1.86 bits per heavy atom. The van der Waals surface area contributed by atoms with E-state index in [0.717, 1.165) is 29.9 Å². The number of benzene rings is 2. The summed E-state index contributed by atoms with van der Waals surface area (Å²) in [4.78, 5) is 13.7. The van der Waals surface area contributed by atoms with Crippen molar-refractivity contribution >= 4 is 5.97 Å². The van der Waals surface area contributed by atoms with Crippen molar-refractivity contribution in [2.24, 2.45) is 0 Å². The molecule has 2 aromatic rings. The van der Waals surface area contributed by atoms with E-state index in [0.29, 0.717) is 19.6 Å². The molecule has 0 aromatic heterocycles. The van der Waals surface area contributed by atoms with Gasteiger partial charge in [0.2, 0.25) is 0 Å². The van der Waals surface area contributed by atoms with E-state index < -0.39 is 0 Å². The fourth-order valence-corrected chi connectivity index (χ4v) is 2.94. The van der Waals surface area contributed by atoms with Gasteiger partial charge >= 0.3 is 5.97 Å². The summed E-state index contributed by atoms with van der Waals surface area (Å²) >= 11 is 0. The maximum atomic E-state index is 11.7. The van der Waals surface area contributed by atoms with Gasteiger partial charge in [-0.1, -0.05) is 37.3 Å². The summed E-state index contributed by atoms with van der Waals surface area (Å²) in [6.45, 7) is 2.75. The molecule has 0 amide bonds. The monoisotopic (exact) mass is 385 g/mol. The van der Waals surface area contributed by atoms with Crippen LogP contribution in [0, 0.1) is 0 Å². The van der Waals surface area contributed by atoms with Gasteiger partial charge in [0.1, 0.15) is 24.2 Å². The van der Waals surface area contributed by atoms with Gasteiger partial charge < -0.3 is 19.1 Å². The summed E-state index contributed by atoms with van der Waals surface area (Å²) in [5.41, 5.74) is 2.35. The largest absolute Gasteiger partial charge is 0.497 e. The van der Waals surface area contributed by atoms with Crippen molar-refractivity contribution in [2.75, 3.05) is 34.4 Å². The molecule has 0 fully saturated rings. The number of carbonyl (C=O) groups is 1. The smallest absolute Gasteiger partial charge is 0.305 e. The summed E-state index contributed by atoms with van der Waals surface area (Å²) in [5, 5.41) is 0. The highest BCUT2D eigenvalue weighted by Gasteiger charge is 2.16. The maximum absolute atomic E-state index is 11.7. The summed E-state index contributed by atoms with van der Waals surface area (Å²) in [6.07, 6.45) is 1.81. The van der Waals surface area contributed by atoms with Crippen molar-refractivity contribution in [2.45, 2.75) is 32.3 Å². The first-order valence-corrected chi connectivity index (χ1v) is 9.69. The first-order chi connectivity index (χ1) is 13.5. The van der Waals surface area contributed by atoms with Gasteiger partial charge in [0.05, 0.1) is 7.11 Å². The van der Waals surface area contributed by atoms with Gasteiger partial charge in [-0.05, 0) is 56.3 Å². The first kappa shape index (κ1) is 21.8. The lowest BCUT2D eigenvalue weighted by Crippen LogP contribution is -2.35. The summed E-state index contributed by atoms with van der Waals surface area (Å²) in [6, 6.07) is 16.1. The molecule has 0 aliphatic carbocycles. The Hall–Kier alpha value is -2.53. The number of carbonyl (C=O) groups excluding carboxylic acids is 1. The van der Waals surface area contributed by atoms with Crippen molar-refractivity contribution in [3.05, 3.63) is 59.7 Å². The number of ether oxygens (including phenoxy) is 3. The van der Waals surface area contributed by atoms with Gasteiger partial charge in [0.15, 0.2) is 0 Å². The zero-order chi connectivity index (χ0) is 20.4. The van der Waals surface area contributed by atoms with Gasteiger partial charge in [-0.25, -0.2) is 0 Å². The van der Waals surface area contributed by atoms with Gasteiger partial charge in [0.25, 0.3) is 0 Å². The zero-order valence-electron chi connectivity index (χ0n) is 17.3. The predicted octanol–water partition coefficient (Wildman–Crippen LogP) is 3.74. The molecule has 0 saturated heterocycles. The standard InChI is InChI=1S/C23H31NO4/c1-5-23(25)28-21(16-24(2)3)17-27-22-12-7-6-10-19(22)14-13-18-9-8-11-20(15-18)26-4/h6-12,15,21H,5,13-14,16-17H2,1-4H3/t21-/m1/s1. The Kier molecular flexibility index (Phi) is 8.82. The lowest BCUT2D eigenvalue weighted by atomic mass is 10.0. The van der Waals surface area contributed by atoms with Crippen molar-refractivity contribution in [3.63, 3.8) is 0 Å². The van der Waals surface area contributed by atoms with E-state index in [2.05, 4.69) is 18.2 Å². The van der Waals surface area contributed by atoms with E-state index in [-0.39, 0.29) is 12.1 Å². The third-order valence-electron chi connectivity index (χ3n) is 4.37. The lowest BCUT2D eigenvalue weighted by Gasteiger charge is -2.22. The number of para-hydroxylation sites is 1. The SMILES string of the molecule is CCC(=O)O[C@@H](COc1ccccc1CCc1cccc(OC)c1)CN(C)C. The highest BCUT2D eigenvalue weighted by atomic mass is 16.6. The minimum atomic E-state index is -0.297. The van der Waals surface area contributed by atoms with Crippen LogP contribution in [-0.2, 0) is 22.4 Å². The van der Waals surface area contributed by atoms with Crippen LogP contribution in [0.5, 0.6) is 11.5 Å².